The van der Waals surface area contributed by atoms with Crippen LogP contribution in [0.5, 0.6) is 0 Å². The largest absolute Gasteiger partial charge is 0.366 e. The van der Waals surface area contributed by atoms with E-state index >= 15 is 0 Å². The van der Waals surface area contributed by atoms with Crippen molar-refractivity contribution in [1.29, 1.82) is 0 Å². The highest BCUT2D eigenvalue weighted by atomic mass is 16.1. The van der Waals surface area contributed by atoms with Gasteiger partial charge in [-0.1, -0.05) is 25.3 Å². The van der Waals surface area contributed by atoms with Gasteiger partial charge in [-0.05, 0) is 22.9 Å². The lowest BCUT2D eigenvalue weighted by molar-refractivity contribution is 0.100. The summed E-state index contributed by atoms with van der Waals surface area (Å²) in [6.45, 7) is 7.75. The molecule has 16 heavy (non-hydrogen) atoms. The predicted octanol–water partition coefficient (Wildman–Crippen LogP) is 0.601. The summed E-state index contributed by atoms with van der Waals surface area (Å²) in [5, 5.41) is 1.67. The van der Waals surface area contributed by atoms with E-state index in [0.29, 0.717) is 5.56 Å². The minimum atomic E-state index is -0.423. The van der Waals surface area contributed by atoms with E-state index in [4.69, 9.17) is 5.73 Å². The Balaban J connectivity index is 2.50. The molecule has 0 aliphatic rings. The van der Waals surface area contributed by atoms with Crippen molar-refractivity contribution in [3.8, 4) is 11.1 Å². The molecule has 1 aromatic heterocycles. The zero-order chi connectivity index (χ0) is 11.7. The second-order valence-corrected chi connectivity index (χ2v) is 3.60. The molecular weight excluding hydrogens is 200 g/mol. The van der Waals surface area contributed by atoms with Crippen LogP contribution in [0.15, 0.2) is 30.5 Å². The molecule has 0 radical (unpaired) electrons. The molecule has 1 amide bonds. The number of benzene rings is 1. The third kappa shape index (κ3) is 1.63. The van der Waals surface area contributed by atoms with Gasteiger partial charge >= 0.3 is 0 Å². The molecule has 2 aromatic rings. The first-order valence-electron chi connectivity index (χ1n) is 4.85. The smallest absolute Gasteiger partial charge is 0.248 e. The lowest BCUT2D eigenvalue weighted by Crippen LogP contribution is -2.19. The second-order valence-electron chi connectivity index (χ2n) is 3.60. The zero-order valence-corrected chi connectivity index (χ0v) is 8.79. The molecule has 1 aromatic carbocycles. The van der Waals surface area contributed by atoms with E-state index in [1.165, 1.54) is 0 Å². The van der Waals surface area contributed by atoms with E-state index in [2.05, 4.69) is 18.1 Å². The molecule has 0 fully saturated rings. The molecule has 3 heteroatoms. The Morgan fingerprint density at radius 3 is 2.25 bits per heavy atom. The molecule has 0 saturated carbocycles. The van der Waals surface area contributed by atoms with Crippen LogP contribution in [0.1, 0.15) is 10.4 Å². The highest BCUT2D eigenvalue weighted by Crippen LogP contribution is 2.14. The highest BCUT2D eigenvalue weighted by molar-refractivity contribution is 5.93. The monoisotopic (exact) mass is 212 g/mol. The highest BCUT2D eigenvalue weighted by Gasteiger charge is 2.03. The van der Waals surface area contributed by atoms with E-state index in [0.717, 1.165) is 21.7 Å². The Morgan fingerprint density at radius 1 is 1.19 bits per heavy atom. The summed E-state index contributed by atoms with van der Waals surface area (Å²) in [7, 11) is 0. The molecule has 0 unspecified atom stereocenters. The molecule has 0 atom stereocenters. The number of amides is 1. The van der Waals surface area contributed by atoms with Gasteiger partial charge < -0.3 is 10.7 Å². The first kappa shape index (κ1) is 10.2. The molecule has 80 valence electrons. The van der Waals surface area contributed by atoms with Crippen molar-refractivity contribution in [2.45, 2.75) is 0 Å². The predicted molar refractivity (Wildman–Crippen MR) is 65.0 cm³/mol. The molecule has 0 aliphatic carbocycles. The summed E-state index contributed by atoms with van der Waals surface area (Å²) in [4.78, 5) is 13.9. The number of carbonyl (C=O) groups excluding carboxylic acids is 1. The molecule has 1 heterocycles. The Labute approximate surface area is 92.9 Å². The average molecular weight is 212 g/mol. The number of hydrogen-bond donors (Lipinski definition) is 2. The Hall–Kier alpha value is -2.29. The fourth-order valence-corrected chi connectivity index (χ4v) is 1.57. The van der Waals surface area contributed by atoms with Crippen molar-refractivity contribution in [2.75, 3.05) is 0 Å². The van der Waals surface area contributed by atoms with Gasteiger partial charge in [0.2, 0.25) is 5.91 Å². The summed E-state index contributed by atoms with van der Waals surface area (Å²) in [5.74, 6) is -0.423. The van der Waals surface area contributed by atoms with Crippen LogP contribution in [-0.4, -0.2) is 10.9 Å². The fraction of sp³-hybridized carbons (Fsp3) is 0. The number of primary amides is 1. The normalized spacial score (nSPS) is 10.2. The van der Waals surface area contributed by atoms with Crippen molar-refractivity contribution in [3.63, 3.8) is 0 Å². The summed E-state index contributed by atoms with van der Waals surface area (Å²) in [6.07, 6.45) is 1.85. The fourth-order valence-electron chi connectivity index (χ4n) is 1.57. The molecule has 0 bridgehead atoms. The molecular formula is C13H12N2O. The first-order chi connectivity index (χ1) is 7.59. The maximum Gasteiger partial charge on any atom is 0.248 e. The second kappa shape index (κ2) is 3.70. The van der Waals surface area contributed by atoms with Crippen LogP contribution in [0.2, 0.25) is 0 Å². The number of aromatic amines is 1. The average Bonchev–Trinajstić information content (AvgIpc) is 2.60. The maximum atomic E-state index is 10.9. The van der Waals surface area contributed by atoms with Gasteiger partial charge in [-0.3, -0.25) is 4.79 Å². The number of rotatable bonds is 2. The summed E-state index contributed by atoms with van der Waals surface area (Å²) < 4.78 is 0. The zero-order valence-electron chi connectivity index (χ0n) is 8.79. The third-order valence-electron chi connectivity index (χ3n) is 2.56. The van der Waals surface area contributed by atoms with Crippen LogP contribution in [0.4, 0.5) is 0 Å². The van der Waals surface area contributed by atoms with Crippen molar-refractivity contribution < 1.29 is 4.79 Å². The minimum absolute atomic E-state index is 0.423. The van der Waals surface area contributed by atoms with Crippen LogP contribution in [0.3, 0.4) is 0 Å². The SMILES string of the molecule is C=c1[nH]cc(-c2ccc(C(N)=O)cc2)c1=C. The van der Waals surface area contributed by atoms with Gasteiger partial charge in [0.05, 0.1) is 0 Å². The summed E-state index contributed by atoms with van der Waals surface area (Å²) >= 11 is 0. The van der Waals surface area contributed by atoms with E-state index in [-0.39, 0.29) is 0 Å². The van der Waals surface area contributed by atoms with Crippen LogP contribution >= 0.6 is 0 Å². The first-order valence-corrected chi connectivity index (χ1v) is 4.85. The minimum Gasteiger partial charge on any atom is -0.366 e. The van der Waals surface area contributed by atoms with Crippen molar-refractivity contribution >= 4 is 19.1 Å². The van der Waals surface area contributed by atoms with Gasteiger partial charge in [-0.25, -0.2) is 0 Å². The van der Waals surface area contributed by atoms with Gasteiger partial charge in [-0.15, -0.1) is 0 Å². The van der Waals surface area contributed by atoms with Gasteiger partial charge in [0.25, 0.3) is 0 Å². The summed E-state index contributed by atoms with van der Waals surface area (Å²) in [6, 6.07) is 7.09. The quantitative estimate of drug-likeness (QED) is 0.752. The lowest BCUT2D eigenvalue weighted by atomic mass is 10.1. The number of carbonyl (C=O) groups is 1. The number of H-pyrrole nitrogens is 1. The Bertz CT molecular complexity index is 623. The van der Waals surface area contributed by atoms with E-state index in [1.54, 1.807) is 12.1 Å². The summed E-state index contributed by atoms with van der Waals surface area (Å²) in [5.41, 5.74) is 7.64. The standard InChI is InChI=1S/C13H12N2O/c1-8-9(2)15-7-12(8)10-3-5-11(6-4-10)13(14)16/h3-7,15H,1-2H2,(H2,14,16). The van der Waals surface area contributed by atoms with Crippen LogP contribution in [-0.2, 0) is 0 Å². The number of nitrogens with one attached hydrogen (secondary N) is 1. The Morgan fingerprint density at radius 2 is 1.81 bits per heavy atom. The molecule has 2 rings (SSSR count). The van der Waals surface area contributed by atoms with E-state index < -0.39 is 5.91 Å². The molecule has 0 aliphatic heterocycles. The van der Waals surface area contributed by atoms with Crippen molar-refractivity contribution in [3.05, 3.63) is 46.6 Å². The lowest BCUT2D eigenvalue weighted by Gasteiger charge is -1.99. The van der Waals surface area contributed by atoms with E-state index in [9.17, 15) is 4.79 Å². The van der Waals surface area contributed by atoms with Crippen molar-refractivity contribution in [2.24, 2.45) is 5.73 Å². The molecule has 3 N–H and O–H groups in total. The van der Waals surface area contributed by atoms with Crippen LogP contribution in [0, 0.1) is 0 Å². The van der Waals surface area contributed by atoms with Gasteiger partial charge in [0.15, 0.2) is 0 Å². The van der Waals surface area contributed by atoms with Crippen LogP contribution in [0.25, 0.3) is 24.3 Å². The van der Waals surface area contributed by atoms with Gasteiger partial charge in [0.1, 0.15) is 0 Å². The van der Waals surface area contributed by atoms with Crippen molar-refractivity contribution in [1.82, 2.24) is 4.98 Å². The van der Waals surface area contributed by atoms with E-state index in [1.807, 2.05) is 18.3 Å². The number of aromatic nitrogens is 1. The van der Waals surface area contributed by atoms with Gasteiger partial charge in [0, 0.05) is 22.7 Å². The number of hydrogen-bond acceptors (Lipinski definition) is 1. The third-order valence-corrected chi connectivity index (χ3v) is 2.56. The van der Waals surface area contributed by atoms with Gasteiger partial charge in [-0.2, -0.15) is 0 Å². The molecule has 3 nitrogen and oxygen atoms in total. The molecule has 0 saturated heterocycles. The molecule has 0 spiro atoms. The topological polar surface area (TPSA) is 58.9 Å². The van der Waals surface area contributed by atoms with Crippen LogP contribution < -0.4 is 16.3 Å². The number of nitrogens with two attached hydrogens (primary N) is 1. The maximum absolute atomic E-state index is 10.9. The Kier molecular flexibility index (Phi) is 2.37.